The maximum atomic E-state index is 4.83. The lowest BCUT2D eigenvalue weighted by molar-refractivity contribution is 0.243. The number of guanidine groups is 1. The highest BCUT2D eigenvalue weighted by Gasteiger charge is 2.11. The second-order valence-corrected chi connectivity index (χ2v) is 2.01. The van der Waals surface area contributed by atoms with Crippen LogP contribution in [0.4, 0.5) is 0 Å². The van der Waals surface area contributed by atoms with Crippen molar-refractivity contribution in [2.75, 3.05) is 20.3 Å². The molecule has 0 saturated carbocycles. The molecule has 0 fully saturated rings. The summed E-state index contributed by atoms with van der Waals surface area (Å²) in [5.41, 5.74) is 0. The van der Waals surface area contributed by atoms with Crippen LogP contribution < -0.4 is 10.6 Å². The quantitative estimate of drug-likeness (QED) is 0.599. The molecule has 1 aliphatic heterocycles. The van der Waals surface area contributed by atoms with E-state index in [4.69, 9.17) is 4.74 Å². The molecule has 1 aliphatic rings. The third kappa shape index (κ3) is 2.19. The van der Waals surface area contributed by atoms with Crippen LogP contribution in [0.1, 0.15) is 6.92 Å². The Balaban J connectivity index is 2.27. The molecule has 0 amide bonds. The van der Waals surface area contributed by atoms with Crippen LogP contribution in [0, 0.1) is 0 Å². The average molecular weight is 155 g/mol. The highest BCUT2D eigenvalue weighted by Crippen LogP contribution is 1.90. The number of amidine groups is 1. The molecule has 0 aliphatic carbocycles. The monoisotopic (exact) mass is 155 g/mol. The van der Waals surface area contributed by atoms with Crippen LogP contribution in [-0.4, -0.2) is 32.1 Å². The van der Waals surface area contributed by atoms with E-state index in [0.29, 0.717) is 18.4 Å². The standard InChI is InChI=1S/C6H11N4O/c1-3-7-6-8-5(4-11-2)9-10-6/h3-4H2,1-2H3,(H,7,10). The highest BCUT2D eigenvalue weighted by atomic mass is 16.5. The number of nitrogens with one attached hydrogen (secondary N) is 1. The van der Waals surface area contributed by atoms with Gasteiger partial charge in [0.05, 0.1) is 0 Å². The van der Waals surface area contributed by atoms with Crippen LogP contribution in [0.5, 0.6) is 0 Å². The zero-order valence-electron chi connectivity index (χ0n) is 6.66. The van der Waals surface area contributed by atoms with Crippen LogP contribution >= 0.6 is 0 Å². The Morgan fingerprint density at radius 2 is 2.27 bits per heavy atom. The summed E-state index contributed by atoms with van der Waals surface area (Å²) in [4.78, 5) is 0. The molecule has 5 heteroatoms. The second kappa shape index (κ2) is 3.92. The molecule has 0 aromatic carbocycles. The maximum Gasteiger partial charge on any atom is 0.244 e. The second-order valence-electron chi connectivity index (χ2n) is 2.01. The number of rotatable bonds is 3. The molecule has 0 unspecified atom stereocenters. The van der Waals surface area contributed by atoms with E-state index in [1.54, 1.807) is 7.11 Å². The fourth-order valence-corrected chi connectivity index (χ4v) is 0.695. The Bertz CT molecular complexity index is 167. The van der Waals surface area contributed by atoms with Gasteiger partial charge in [-0.2, -0.15) is 5.32 Å². The topological polar surface area (TPSA) is 60.1 Å². The fourth-order valence-electron chi connectivity index (χ4n) is 0.695. The van der Waals surface area contributed by atoms with E-state index in [1.807, 2.05) is 6.92 Å². The summed E-state index contributed by atoms with van der Waals surface area (Å²) in [7, 11) is 1.60. The molecular weight excluding hydrogens is 144 g/mol. The van der Waals surface area contributed by atoms with Gasteiger partial charge in [0.15, 0.2) is 5.84 Å². The molecule has 0 spiro atoms. The Kier molecular flexibility index (Phi) is 2.85. The third-order valence-corrected chi connectivity index (χ3v) is 1.10. The average Bonchev–Trinajstić information content (AvgIpc) is 2.38. The number of nitrogens with zero attached hydrogens (tertiary/aromatic N) is 3. The molecule has 1 radical (unpaired) electrons. The summed E-state index contributed by atoms with van der Waals surface area (Å²) in [5.74, 6) is 1.18. The third-order valence-electron chi connectivity index (χ3n) is 1.10. The van der Waals surface area contributed by atoms with E-state index < -0.39 is 0 Å². The molecule has 1 heterocycles. The van der Waals surface area contributed by atoms with Crippen LogP contribution in [0.2, 0.25) is 0 Å². The zero-order chi connectivity index (χ0) is 8.10. The van der Waals surface area contributed by atoms with E-state index in [-0.39, 0.29) is 0 Å². The first-order valence-electron chi connectivity index (χ1n) is 3.46. The van der Waals surface area contributed by atoms with Crippen molar-refractivity contribution < 1.29 is 4.74 Å². The van der Waals surface area contributed by atoms with Gasteiger partial charge in [0, 0.05) is 13.7 Å². The predicted octanol–water partition coefficient (Wildman–Crippen LogP) is -0.470. The van der Waals surface area contributed by atoms with Gasteiger partial charge in [-0.05, 0) is 6.92 Å². The SMILES string of the molecule is CCNC1=NN=C(COC)[N]1. The number of ether oxygens (including phenoxy) is 1. The van der Waals surface area contributed by atoms with Crippen molar-refractivity contribution in [3.8, 4) is 0 Å². The molecule has 0 aromatic heterocycles. The van der Waals surface area contributed by atoms with Gasteiger partial charge in [-0.15, -0.1) is 10.2 Å². The van der Waals surface area contributed by atoms with Crippen molar-refractivity contribution in [3.63, 3.8) is 0 Å². The molecule has 0 atom stereocenters. The number of hydrogen-bond donors (Lipinski definition) is 1. The lowest BCUT2D eigenvalue weighted by atomic mass is 10.6. The van der Waals surface area contributed by atoms with Crippen molar-refractivity contribution in [1.29, 1.82) is 0 Å². The first kappa shape index (κ1) is 8.00. The van der Waals surface area contributed by atoms with Gasteiger partial charge in [0.1, 0.15) is 6.61 Å². The van der Waals surface area contributed by atoms with Gasteiger partial charge in [0.2, 0.25) is 5.96 Å². The van der Waals surface area contributed by atoms with Crippen molar-refractivity contribution in [2.24, 2.45) is 10.2 Å². The molecule has 0 saturated heterocycles. The van der Waals surface area contributed by atoms with E-state index in [0.717, 1.165) is 6.54 Å². The highest BCUT2D eigenvalue weighted by molar-refractivity contribution is 6.02. The number of hydrogen-bond acceptors (Lipinski definition) is 4. The number of methoxy groups -OCH3 is 1. The summed E-state index contributed by atoms with van der Waals surface area (Å²) in [5, 5.41) is 14.5. The minimum atomic E-state index is 0.415. The Hall–Kier alpha value is -1.10. The Labute approximate surface area is 65.5 Å². The van der Waals surface area contributed by atoms with Crippen LogP contribution in [-0.2, 0) is 4.74 Å². The van der Waals surface area contributed by atoms with Gasteiger partial charge in [0.25, 0.3) is 0 Å². The molecule has 0 bridgehead atoms. The largest absolute Gasteiger partial charge is 0.377 e. The van der Waals surface area contributed by atoms with Crippen LogP contribution in [0.15, 0.2) is 10.2 Å². The van der Waals surface area contributed by atoms with Crippen molar-refractivity contribution in [3.05, 3.63) is 0 Å². The lowest BCUT2D eigenvalue weighted by Gasteiger charge is -2.00. The zero-order valence-corrected chi connectivity index (χ0v) is 6.66. The van der Waals surface area contributed by atoms with Crippen LogP contribution in [0.3, 0.4) is 0 Å². The van der Waals surface area contributed by atoms with E-state index >= 15 is 0 Å². The van der Waals surface area contributed by atoms with Gasteiger partial charge in [-0.1, -0.05) is 0 Å². The van der Waals surface area contributed by atoms with Gasteiger partial charge in [-0.3, -0.25) is 0 Å². The van der Waals surface area contributed by atoms with Crippen molar-refractivity contribution >= 4 is 11.8 Å². The summed E-state index contributed by atoms with van der Waals surface area (Å²) < 4.78 is 4.83. The summed E-state index contributed by atoms with van der Waals surface area (Å²) in [6, 6.07) is 0. The Morgan fingerprint density at radius 1 is 1.45 bits per heavy atom. The van der Waals surface area contributed by atoms with E-state index in [2.05, 4.69) is 20.8 Å². The molecule has 1 rings (SSSR count). The maximum absolute atomic E-state index is 4.83. The van der Waals surface area contributed by atoms with Crippen LogP contribution in [0.25, 0.3) is 0 Å². The smallest absolute Gasteiger partial charge is 0.244 e. The van der Waals surface area contributed by atoms with Gasteiger partial charge >= 0.3 is 0 Å². The molecule has 1 N–H and O–H groups in total. The predicted molar refractivity (Wildman–Crippen MR) is 42.6 cm³/mol. The lowest BCUT2D eigenvalue weighted by Crippen LogP contribution is -2.33. The molecule has 11 heavy (non-hydrogen) atoms. The Morgan fingerprint density at radius 3 is 2.91 bits per heavy atom. The van der Waals surface area contributed by atoms with Crippen molar-refractivity contribution in [2.45, 2.75) is 6.92 Å². The minimum absolute atomic E-state index is 0.415. The first-order chi connectivity index (χ1) is 5.36. The molecule has 5 nitrogen and oxygen atoms in total. The fraction of sp³-hybridized carbons (Fsp3) is 0.667. The normalized spacial score (nSPS) is 15.5. The summed E-state index contributed by atoms with van der Waals surface area (Å²) in [6.07, 6.45) is 0. The van der Waals surface area contributed by atoms with Crippen molar-refractivity contribution in [1.82, 2.24) is 10.6 Å². The summed E-state index contributed by atoms with van der Waals surface area (Å²) in [6.45, 7) is 3.20. The van der Waals surface area contributed by atoms with E-state index in [9.17, 15) is 0 Å². The molecular formula is C6H11N4O. The molecule has 61 valence electrons. The minimum Gasteiger partial charge on any atom is -0.377 e. The van der Waals surface area contributed by atoms with E-state index in [1.165, 1.54) is 0 Å². The van der Waals surface area contributed by atoms with Gasteiger partial charge in [-0.25, -0.2) is 0 Å². The summed E-state index contributed by atoms with van der Waals surface area (Å²) >= 11 is 0. The first-order valence-corrected chi connectivity index (χ1v) is 3.46. The molecule has 0 aromatic rings. The van der Waals surface area contributed by atoms with Gasteiger partial charge < -0.3 is 10.1 Å².